The molecule has 1 aromatic heterocycles. The molecular formula is C22H25ClN4O2. The first-order chi connectivity index (χ1) is 13.7. The van der Waals surface area contributed by atoms with Gasteiger partial charge in [0.05, 0.1) is 18.2 Å². The summed E-state index contributed by atoms with van der Waals surface area (Å²) in [7, 11) is 0. The van der Waals surface area contributed by atoms with Crippen molar-refractivity contribution in [3.63, 3.8) is 0 Å². The van der Waals surface area contributed by atoms with Gasteiger partial charge in [0.1, 0.15) is 0 Å². The molecule has 2 aromatic carbocycles. The normalized spacial score (nSPS) is 11.3. The lowest BCUT2D eigenvalue weighted by molar-refractivity contribution is -0.115. The Morgan fingerprint density at radius 1 is 1.03 bits per heavy atom. The second-order valence-corrected chi connectivity index (χ2v) is 6.50. The van der Waals surface area contributed by atoms with Crippen molar-refractivity contribution in [1.29, 1.82) is 0 Å². The van der Waals surface area contributed by atoms with E-state index in [9.17, 15) is 9.90 Å². The van der Waals surface area contributed by atoms with Crippen LogP contribution in [0.25, 0.3) is 0 Å². The van der Waals surface area contributed by atoms with Gasteiger partial charge >= 0.3 is 0 Å². The lowest BCUT2D eigenvalue weighted by Crippen LogP contribution is -2.23. The third-order valence-corrected chi connectivity index (χ3v) is 4.31. The molecule has 7 heteroatoms. The van der Waals surface area contributed by atoms with E-state index in [1.54, 1.807) is 18.6 Å². The quantitative estimate of drug-likeness (QED) is 0.470. The summed E-state index contributed by atoms with van der Waals surface area (Å²) in [4.78, 5) is 20.1. The molecule has 1 atom stereocenters. The summed E-state index contributed by atoms with van der Waals surface area (Å²) in [5.41, 5.74) is 3.47. The van der Waals surface area contributed by atoms with Crippen molar-refractivity contribution in [2.24, 2.45) is 0 Å². The maximum Gasteiger partial charge on any atom is 0.230 e. The zero-order valence-corrected chi connectivity index (χ0v) is 16.8. The van der Waals surface area contributed by atoms with Gasteiger partial charge in [0.25, 0.3) is 0 Å². The molecule has 0 unspecified atom stereocenters. The average molecular weight is 413 g/mol. The molecule has 0 radical (unpaired) electrons. The van der Waals surface area contributed by atoms with Crippen LogP contribution in [0.5, 0.6) is 0 Å². The van der Waals surface area contributed by atoms with Crippen LogP contribution in [0, 0.1) is 0 Å². The van der Waals surface area contributed by atoms with Crippen LogP contribution >= 0.6 is 12.4 Å². The lowest BCUT2D eigenvalue weighted by atomic mass is 10.1. The number of carbonyl (C=O) groups excluding carboxylic acids is 1. The molecule has 3 aromatic rings. The van der Waals surface area contributed by atoms with Crippen molar-refractivity contribution < 1.29 is 9.90 Å². The number of carbonyl (C=O) groups is 1. The number of nitrogens with one attached hydrogen (secondary N) is 2. The molecule has 3 N–H and O–H groups in total. The first kappa shape index (κ1) is 22.5. The summed E-state index contributed by atoms with van der Waals surface area (Å²) in [5, 5.41) is 16.3. The predicted molar refractivity (Wildman–Crippen MR) is 116 cm³/mol. The Hall–Kier alpha value is -2.80. The molecule has 29 heavy (non-hydrogen) atoms. The number of hydrogen-bond acceptors (Lipinski definition) is 5. The van der Waals surface area contributed by atoms with Gasteiger partial charge < -0.3 is 15.7 Å². The monoisotopic (exact) mass is 412 g/mol. The van der Waals surface area contributed by atoms with E-state index in [1.807, 2.05) is 54.6 Å². The number of anilines is 1. The third kappa shape index (κ3) is 7.62. The number of rotatable bonds is 9. The van der Waals surface area contributed by atoms with Crippen LogP contribution in [0.4, 0.5) is 5.69 Å². The molecule has 152 valence electrons. The minimum atomic E-state index is -0.506. The molecule has 0 aliphatic carbocycles. The van der Waals surface area contributed by atoms with Gasteiger partial charge in [0, 0.05) is 30.8 Å². The van der Waals surface area contributed by atoms with Gasteiger partial charge in [0.15, 0.2) is 0 Å². The molecular weight excluding hydrogens is 388 g/mol. The number of benzene rings is 2. The van der Waals surface area contributed by atoms with Crippen molar-refractivity contribution in [2.75, 3.05) is 18.4 Å². The van der Waals surface area contributed by atoms with E-state index >= 15 is 0 Å². The highest BCUT2D eigenvalue weighted by Crippen LogP contribution is 2.12. The molecule has 0 spiro atoms. The minimum absolute atomic E-state index is 0. The van der Waals surface area contributed by atoms with E-state index in [-0.39, 0.29) is 24.7 Å². The maximum absolute atomic E-state index is 12.0. The van der Waals surface area contributed by atoms with E-state index in [1.165, 1.54) is 0 Å². The van der Waals surface area contributed by atoms with Crippen LogP contribution < -0.4 is 10.6 Å². The smallest absolute Gasteiger partial charge is 0.230 e. The summed E-state index contributed by atoms with van der Waals surface area (Å²) in [5.74, 6) is -0.121. The highest BCUT2D eigenvalue weighted by molar-refractivity contribution is 5.91. The summed E-state index contributed by atoms with van der Waals surface area (Å²) in [6.07, 6.45) is 5.28. The second-order valence-electron chi connectivity index (χ2n) is 6.50. The van der Waals surface area contributed by atoms with Gasteiger partial charge in [-0.3, -0.25) is 14.8 Å². The van der Waals surface area contributed by atoms with Crippen LogP contribution in [0.2, 0.25) is 0 Å². The topological polar surface area (TPSA) is 87.1 Å². The van der Waals surface area contributed by atoms with Crippen LogP contribution in [-0.2, 0) is 17.6 Å². The molecule has 0 fully saturated rings. The number of aliphatic hydroxyl groups is 1. The number of aromatic nitrogens is 2. The molecule has 1 heterocycles. The zero-order chi connectivity index (χ0) is 19.6. The minimum Gasteiger partial charge on any atom is -0.387 e. The Balaban J connectivity index is 0.00000300. The molecule has 0 bridgehead atoms. The van der Waals surface area contributed by atoms with Crippen molar-refractivity contribution in [2.45, 2.75) is 18.9 Å². The Kier molecular flexibility index (Phi) is 9.24. The van der Waals surface area contributed by atoms with Crippen molar-refractivity contribution >= 4 is 24.0 Å². The lowest BCUT2D eigenvalue weighted by Gasteiger charge is -2.12. The standard InChI is InChI=1S/C22H24N4O2.ClH/c27-21(18-4-2-1-3-5-18)16-23-11-10-17-6-8-19(9-7-17)26-22(28)14-20-15-24-12-13-25-20;/h1-9,12-13,15,21,23,27H,10-11,14,16H2,(H,26,28);1H/t21-;/m0./s1. The maximum atomic E-state index is 12.0. The zero-order valence-electron chi connectivity index (χ0n) is 16.0. The van der Waals surface area contributed by atoms with Gasteiger partial charge in [0.2, 0.25) is 5.91 Å². The fourth-order valence-corrected chi connectivity index (χ4v) is 2.81. The predicted octanol–water partition coefficient (Wildman–Crippen LogP) is 2.95. The highest BCUT2D eigenvalue weighted by Gasteiger charge is 2.07. The van der Waals surface area contributed by atoms with Crippen LogP contribution in [0.1, 0.15) is 22.9 Å². The van der Waals surface area contributed by atoms with Crippen LogP contribution in [0.3, 0.4) is 0 Å². The Morgan fingerprint density at radius 2 is 1.79 bits per heavy atom. The summed E-state index contributed by atoms with van der Waals surface area (Å²) < 4.78 is 0. The molecule has 0 saturated heterocycles. The number of nitrogens with zero attached hydrogens (tertiary/aromatic N) is 2. The Bertz CT molecular complexity index is 861. The van der Waals surface area contributed by atoms with Gasteiger partial charge in [-0.1, -0.05) is 42.5 Å². The SMILES string of the molecule is Cl.O=C(Cc1cnccn1)Nc1ccc(CCNC[C@H](O)c2ccccc2)cc1. The van der Waals surface area contributed by atoms with Crippen molar-refractivity contribution in [3.05, 3.63) is 90.0 Å². The summed E-state index contributed by atoms with van der Waals surface area (Å²) in [6, 6.07) is 17.4. The number of aliphatic hydroxyl groups excluding tert-OH is 1. The van der Waals surface area contributed by atoms with Gasteiger partial charge in [-0.15, -0.1) is 12.4 Å². The summed E-state index contributed by atoms with van der Waals surface area (Å²) >= 11 is 0. The number of hydrogen-bond donors (Lipinski definition) is 3. The fraction of sp³-hybridized carbons (Fsp3) is 0.227. The van der Waals surface area contributed by atoms with Crippen molar-refractivity contribution in [1.82, 2.24) is 15.3 Å². The Labute approximate surface area is 176 Å². The average Bonchev–Trinajstić information content (AvgIpc) is 2.73. The third-order valence-electron chi connectivity index (χ3n) is 4.31. The fourth-order valence-electron chi connectivity index (χ4n) is 2.81. The van der Waals surface area contributed by atoms with E-state index in [0.717, 1.165) is 29.8 Å². The van der Waals surface area contributed by atoms with Gasteiger partial charge in [-0.2, -0.15) is 0 Å². The summed E-state index contributed by atoms with van der Waals surface area (Å²) in [6.45, 7) is 1.28. The first-order valence-electron chi connectivity index (χ1n) is 9.28. The molecule has 0 aliphatic heterocycles. The second kappa shape index (κ2) is 11.9. The van der Waals surface area contributed by atoms with E-state index in [2.05, 4.69) is 20.6 Å². The molecule has 0 aliphatic rings. The molecule has 0 saturated carbocycles. The molecule has 1 amide bonds. The Morgan fingerprint density at radius 3 is 2.48 bits per heavy atom. The van der Waals surface area contributed by atoms with Gasteiger partial charge in [-0.25, -0.2) is 0 Å². The number of halogens is 1. The van der Waals surface area contributed by atoms with E-state index in [0.29, 0.717) is 12.2 Å². The highest BCUT2D eigenvalue weighted by atomic mass is 35.5. The molecule has 3 rings (SSSR count). The van der Waals surface area contributed by atoms with Crippen LogP contribution in [-0.4, -0.2) is 34.1 Å². The van der Waals surface area contributed by atoms with E-state index in [4.69, 9.17) is 0 Å². The number of amides is 1. The van der Waals surface area contributed by atoms with Crippen molar-refractivity contribution in [3.8, 4) is 0 Å². The first-order valence-corrected chi connectivity index (χ1v) is 9.28. The largest absolute Gasteiger partial charge is 0.387 e. The van der Waals surface area contributed by atoms with Gasteiger partial charge in [-0.05, 0) is 36.2 Å². The molecule has 6 nitrogen and oxygen atoms in total. The van der Waals surface area contributed by atoms with Crippen LogP contribution in [0.15, 0.2) is 73.2 Å². The van der Waals surface area contributed by atoms with E-state index < -0.39 is 6.10 Å².